The second kappa shape index (κ2) is 6.43. The van der Waals surface area contributed by atoms with Gasteiger partial charge in [0.25, 0.3) is 0 Å². The van der Waals surface area contributed by atoms with Crippen LogP contribution in [0.3, 0.4) is 0 Å². The molecule has 0 atom stereocenters. The van der Waals surface area contributed by atoms with E-state index in [1.807, 2.05) is 0 Å². The summed E-state index contributed by atoms with van der Waals surface area (Å²) in [6.07, 6.45) is 1.07. The maximum absolute atomic E-state index is 12.2. The molecule has 0 spiro atoms. The van der Waals surface area contributed by atoms with Crippen LogP contribution in [0.15, 0.2) is 21.5 Å². The molecule has 1 aliphatic heterocycles. The quantitative estimate of drug-likeness (QED) is 0.809. The minimum Gasteiger partial charge on any atom is -0.459 e. The van der Waals surface area contributed by atoms with Crippen LogP contribution < -0.4 is 5.14 Å². The van der Waals surface area contributed by atoms with Crippen molar-refractivity contribution in [3.63, 3.8) is 0 Å². The Kier molecular flexibility index (Phi) is 5.03. The van der Waals surface area contributed by atoms with Crippen LogP contribution in [0.4, 0.5) is 0 Å². The molecule has 0 bridgehead atoms. The number of primary sulfonamides is 1. The number of hydrogen-bond donors (Lipinski definition) is 1. The lowest BCUT2D eigenvalue weighted by Crippen LogP contribution is -2.26. The summed E-state index contributed by atoms with van der Waals surface area (Å²) >= 11 is 3.24. The van der Waals surface area contributed by atoms with E-state index in [-0.39, 0.29) is 16.6 Å². The van der Waals surface area contributed by atoms with Crippen molar-refractivity contribution in [1.82, 2.24) is 0 Å². The van der Waals surface area contributed by atoms with Crippen molar-refractivity contribution in [3.05, 3.63) is 27.7 Å². The first kappa shape index (κ1) is 16.4. The summed E-state index contributed by atoms with van der Waals surface area (Å²) in [5.41, 5.74) is 0.805. The fraction of sp³-hybridized carbons (Fsp3) is 0.462. The van der Waals surface area contributed by atoms with E-state index < -0.39 is 16.0 Å². The highest BCUT2D eigenvalue weighted by molar-refractivity contribution is 9.10. The summed E-state index contributed by atoms with van der Waals surface area (Å²) in [6, 6.07) is 2.62. The van der Waals surface area contributed by atoms with Gasteiger partial charge in [0.15, 0.2) is 0 Å². The Bertz CT molecular complexity index is 653. The Labute approximate surface area is 131 Å². The van der Waals surface area contributed by atoms with Crippen LogP contribution in [-0.4, -0.2) is 33.7 Å². The Morgan fingerprint density at radius 1 is 1.38 bits per heavy atom. The van der Waals surface area contributed by atoms with E-state index in [9.17, 15) is 13.2 Å². The van der Waals surface area contributed by atoms with E-state index in [1.165, 1.54) is 12.1 Å². The van der Waals surface area contributed by atoms with Gasteiger partial charge >= 0.3 is 5.97 Å². The molecule has 0 saturated carbocycles. The zero-order valence-corrected chi connectivity index (χ0v) is 13.9. The number of nitrogens with two attached hydrogens (primary N) is 1. The van der Waals surface area contributed by atoms with Crippen LogP contribution in [0.1, 0.15) is 28.8 Å². The Hall–Kier alpha value is -0.960. The average Bonchev–Trinajstić information content (AvgIpc) is 2.41. The van der Waals surface area contributed by atoms with Crippen LogP contribution in [0.2, 0.25) is 0 Å². The predicted octanol–water partition coefficient (Wildman–Crippen LogP) is 1.74. The van der Waals surface area contributed by atoms with Crippen molar-refractivity contribution < 1.29 is 22.7 Å². The van der Waals surface area contributed by atoms with Crippen molar-refractivity contribution in [2.24, 2.45) is 5.14 Å². The van der Waals surface area contributed by atoms with Crippen LogP contribution in [0.5, 0.6) is 0 Å². The molecule has 6 nitrogen and oxygen atoms in total. The molecule has 1 aliphatic rings. The van der Waals surface area contributed by atoms with Gasteiger partial charge in [0.2, 0.25) is 10.0 Å². The molecule has 1 saturated heterocycles. The van der Waals surface area contributed by atoms with Crippen LogP contribution in [0.25, 0.3) is 0 Å². The van der Waals surface area contributed by atoms with Gasteiger partial charge < -0.3 is 9.47 Å². The maximum atomic E-state index is 12.2. The van der Waals surface area contributed by atoms with Crippen molar-refractivity contribution in [3.8, 4) is 0 Å². The highest BCUT2D eigenvalue weighted by Crippen LogP contribution is 2.26. The third kappa shape index (κ3) is 4.03. The summed E-state index contributed by atoms with van der Waals surface area (Å²) in [7, 11) is -3.89. The number of hydrogen-bond acceptors (Lipinski definition) is 5. The van der Waals surface area contributed by atoms with Gasteiger partial charge in [0.05, 0.1) is 23.7 Å². The van der Waals surface area contributed by atoms with E-state index in [0.29, 0.717) is 36.1 Å². The molecule has 0 radical (unpaired) electrons. The predicted molar refractivity (Wildman–Crippen MR) is 79.5 cm³/mol. The molecule has 0 aromatic heterocycles. The molecule has 0 unspecified atom stereocenters. The molecule has 21 heavy (non-hydrogen) atoms. The minimum atomic E-state index is -3.89. The molecule has 1 heterocycles. The number of esters is 1. The number of halogens is 1. The fourth-order valence-corrected chi connectivity index (χ4v) is 3.21. The Morgan fingerprint density at radius 2 is 2.00 bits per heavy atom. The number of carbonyl (C=O) groups excluding carboxylic acids is 1. The molecule has 1 aromatic rings. The SMILES string of the molecule is Cc1c(Br)cc(S(N)(=O)=O)cc1C(=O)OC1CCOCC1. The van der Waals surface area contributed by atoms with Gasteiger partial charge in [-0.1, -0.05) is 15.9 Å². The summed E-state index contributed by atoms with van der Waals surface area (Å²) in [4.78, 5) is 12.1. The zero-order chi connectivity index (χ0) is 15.6. The first-order chi connectivity index (χ1) is 9.79. The topological polar surface area (TPSA) is 95.7 Å². The highest BCUT2D eigenvalue weighted by Gasteiger charge is 2.23. The third-order valence-electron chi connectivity index (χ3n) is 3.31. The van der Waals surface area contributed by atoms with E-state index in [0.717, 1.165) is 0 Å². The standard InChI is InChI=1S/C13H16BrNO5S/c1-8-11(6-10(7-12(8)14)21(15,17)18)13(16)20-9-2-4-19-5-3-9/h6-7,9H,2-5H2,1H3,(H2,15,17,18). The lowest BCUT2D eigenvalue weighted by molar-refractivity contribution is -0.0159. The monoisotopic (exact) mass is 377 g/mol. The van der Waals surface area contributed by atoms with Crippen molar-refractivity contribution >= 4 is 31.9 Å². The molecule has 8 heteroatoms. The number of carbonyl (C=O) groups is 1. The van der Waals surface area contributed by atoms with Gasteiger partial charge in [-0.25, -0.2) is 18.4 Å². The van der Waals surface area contributed by atoms with Gasteiger partial charge in [0, 0.05) is 17.3 Å². The van der Waals surface area contributed by atoms with E-state index >= 15 is 0 Å². The molecule has 0 aliphatic carbocycles. The van der Waals surface area contributed by atoms with E-state index in [2.05, 4.69) is 15.9 Å². The normalized spacial score (nSPS) is 16.7. The van der Waals surface area contributed by atoms with Gasteiger partial charge in [0.1, 0.15) is 6.10 Å². The lowest BCUT2D eigenvalue weighted by Gasteiger charge is -2.22. The molecule has 2 N–H and O–H groups in total. The summed E-state index contributed by atoms with van der Waals surface area (Å²) < 4.78 is 34.0. The van der Waals surface area contributed by atoms with Crippen LogP contribution in [-0.2, 0) is 19.5 Å². The smallest absolute Gasteiger partial charge is 0.338 e. The van der Waals surface area contributed by atoms with E-state index in [4.69, 9.17) is 14.6 Å². The van der Waals surface area contributed by atoms with Crippen LogP contribution in [0, 0.1) is 6.92 Å². The summed E-state index contributed by atoms with van der Waals surface area (Å²) in [6.45, 7) is 2.81. The van der Waals surface area contributed by atoms with E-state index in [1.54, 1.807) is 6.92 Å². The van der Waals surface area contributed by atoms with Gasteiger partial charge in [-0.05, 0) is 24.6 Å². The second-order valence-corrected chi connectivity index (χ2v) is 7.26. The Morgan fingerprint density at radius 3 is 2.57 bits per heavy atom. The number of ether oxygens (including phenoxy) is 2. The van der Waals surface area contributed by atoms with Crippen molar-refractivity contribution in [1.29, 1.82) is 0 Å². The maximum Gasteiger partial charge on any atom is 0.338 e. The lowest BCUT2D eigenvalue weighted by atomic mass is 10.1. The van der Waals surface area contributed by atoms with Gasteiger partial charge in [-0.3, -0.25) is 0 Å². The third-order valence-corrected chi connectivity index (χ3v) is 5.02. The molecule has 1 fully saturated rings. The van der Waals surface area contributed by atoms with Crippen LogP contribution >= 0.6 is 15.9 Å². The molecular weight excluding hydrogens is 362 g/mol. The van der Waals surface area contributed by atoms with Crippen molar-refractivity contribution in [2.45, 2.75) is 30.8 Å². The summed E-state index contributed by atoms with van der Waals surface area (Å²) in [5.74, 6) is -0.550. The summed E-state index contributed by atoms with van der Waals surface area (Å²) in [5, 5.41) is 5.11. The van der Waals surface area contributed by atoms with Gasteiger partial charge in [-0.2, -0.15) is 0 Å². The first-order valence-electron chi connectivity index (χ1n) is 6.40. The highest BCUT2D eigenvalue weighted by atomic mass is 79.9. The second-order valence-electron chi connectivity index (χ2n) is 4.84. The molecular formula is C13H16BrNO5S. The molecule has 0 amide bonds. The fourth-order valence-electron chi connectivity index (χ4n) is 2.04. The molecule has 1 aromatic carbocycles. The zero-order valence-electron chi connectivity index (χ0n) is 11.5. The average molecular weight is 378 g/mol. The molecule has 116 valence electrons. The number of rotatable bonds is 3. The minimum absolute atomic E-state index is 0.126. The van der Waals surface area contributed by atoms with Crippen molar-refractivity contribution in [2.75, 3.05) is 13.2 Å². The number of sulfonamides is 1. The molecule has 2 rings (SSSR count). The largest absolute Gasteiger partial charge is 0.459 e. The first-order valence-corrected chi connectivity index (χ1v) is 8.74. The number of benzene rings is 1. The van der Waals surface area contributed by atoms with Gasteiger partial charge in [-0.15, -0.1) is 0 Å². The Balaban J connectivity index is 2.29.